The molecule has 0 fully saturated rings. The predicted octanol–water partition coefficient (Wildman–Crippen LogP) is -1.21. The molecular weight excluding hydrogens is 69.0 g/mol. The van der Waals surface area contributed by atoms with Gasteiger partial charge < -0.3 is 13.1 Å². The first-order chi connectivity index (χ1) is 1.91. The Morgan fingerprint density at radius 2 is 1.67 bits per heavy atom. The summed E-state index contributed by atoms with van der Waals surface area (Å²) < 4.78 is 0. The van der Waals surface area contributed by atoms with Gasteiger partial charge in [-0.15, -0.1) is 0 Å². The van der Waals surface area contributed by atoms with Crippen LogP contribution in [-0.2, 0) is 0 Å². The minimum atomic E-state index is 0. The van der Waals surface area contributed by atoms with Gasteiger partial charge in [-0.25, -0.2) is 0 Å². The maximum Gasteiger partial charge on any atom is 1.00 e. The van der Waals surface area contributed by atoms with Crippen molar-refractivity contribution in [1.29, 1.82) is 0 Å². The maximum atomic E-state index is 3.60. The van der Waals surface area contributed by atoms with Crippen LogP contribution in [0.15, 0.2) is 0 Å². The summed E-state index contributed by atoms with van der Waals surface area (Å²) in [7, 11) is 0. The quantitative estimate of drug-likeness (QED) is 0.312. The Bertz CT molecular complexity index is 9.51. The number of hydrogen-bond donors (Lipinski definition) is 1. The molecule has 0 saturated carbocycles. The fourth-order valence-electron chi connectivity index (χ4n) is 0. The molecule has 0 atom stereocenters. The van der Waals surface area contributed by atoms with E-state index >= 15 is 0 Å². The zero-order chi connectivity index (χ0) is 3.41. The number of unbranched alkanes of at least 4 members (excludes halogenated alkanes) is 1. The largest absolute Gasteiger partial charge is 1.00 e. The Balaban J connectivity index is -0.0000000450. The van der Waals surface area contributed by atoms with Crippen LogP contribution in [0.3, 0.4) is 0 Å². The first kappa shape index (κ1) is 16.0. The molecule has 0 aliphatic heterocycles. The maximum absolute atomic E-state index is 3.60. The van der Waals surface area contributed by atoms with Gasteiger partial charge in [0, 0.05) is 0 Å². The first-order valence-electron chi connectivity index (χ1n) is 1.71. The fourth-order valence-corrected chi connectivity index (χ4v) is 0. The van der Waals surface area contributed by atoms with E-state index in [0.29, 0.717) is 0 Å². The number of hydrogen-bond acceptors (Lipinski definition) is 1. The zero-order valence-electron chi connectivity index (χ0n) is 4.83. The summed E-state index contributed by atoms with van der Waals surface area (Å²) in [5.41, 5.74) is 0. The molecule has 34 valence electrons. The molecule has 0 aliphatic rings. The molecule has 0 bridgehead atoms. The topological polar surface area (TPSA) is 35.0 Å². The molecule has 2 heteroatoms. The van der Waals surface area contributed by atoms with Crippen LogP contribution in [0.5, 0.6) is 0 Å². The third-order valence-corrected chi connectivity index (χ3v) is 0.354. The normalized spacial score (nSPS) is 5.00. The first-order valence-corrected chi connectivity index (χ1v) is 1.71. The minimum Gasteiger partial charge on any atom is -0.344 e. The van der Waals surface area contributed by atoms with Gasteiger partial charge in [0.15, 0.2) is 0 Å². The summed E-state index contributed by atoms with van der Waals surface area (Å²) in [4.78, 5) is 0. The van der Waals surface area contributed by atoms with Crippen LogP contribution in [0.1, 0.15) is 19.8 Å². The van der Waals surface area contributed by atoms with E-state index in [1.165, 1.54) is 6.42 Å². The summed E-state index contributed by atoms with van der Waals surface area (Å²) in [6, 6.07) is 0. The summed E-state index contributed by atoms with van der Waals surface area (Å²) in [6.07, 6.45) is 2.28. The van der Waals surface area contributed by atoms with Gasteiger partial charge in [0.05, 0.1) is 0 Å². The Hall–Kier alpha value is 0.557. The van der Waals surface area contributed by atoms with E-state index in [4.69, 9.17) is 0 Å². The molecule has 0 aliphatic carbocycles. The molecule has 0 aromatic carbocycles. The van der Waals surface area contributed by atoms with Gasteiger partial charge in [-0.05, 0) is 0 Å². The molecule has 0 spiro atoms. The Morgan fingerprint density at radius 1 is 1.50 bits per heavy atom. The Morgan fingerprint density at radius 3 is 1.67 bits per heavy atom. The summed E-state index contributed by atoms with van der Waals surface area (Å²) in [6.45, 7) is 5.72. The monoisotopic (exact) mass is 81.1 g/mol. The molecule has 0 amide bonds. The van der Waals surface area contributed by atoms with E-state index in [9.17, 15) is 0 Å². The molecule has 0 aromatic rings. The van der Waals surface area contributed by atoms with Crippen LogP contribution < -0.4 is 25.0 Å². The van der Waals surface area contributed by atoms with Gasteiger partial charge in [0.2, 0.25) is 0 Å². The van der Waals surface area contributed by atoms with E-state index in [1.807, 2.05) is 0 Å². The second-order valence-electron chi connectivity index (χ2n) is 0.854. The number of rotatable bonds is 1. The van der Waals surface area contributed by atoms with E-state index in [-0.39, 0.29) is 25.0 Å². The van der Waals surface area contributed by atoms with Crippen LogP contribution in [0.2, 0.25) is 0 Å². The van der Waals surface area contributed by atoms with Gasteiger partial charge in [-0.3, -0.25) is 0 Å². The van der Waals surface area contributed by atoms with Gasteiger partial charge in [-0.2, -0.15) is 6.42 Å². The molecule has 3 N–H and O–H groups in total. The van der Waals surface area contributed by atoms with Gasteiger partial charge in [-0.1, -0.05) is 13.3 Å². The van der Waals surface area contributed by atoms with Crippen molar-refractivity contribution in [3.05, 3.63) is 6.92 Å². The van der Waals surface area contributed by atoms with Gasteiger partial charge >= 0.3 is 18.9 Å². The molecule has 0 rings (SSSR count). The van der Waals surface area contributed by atoms with Crippen LogP contribution in [0.25, 0.3) is 0 Å². The molecular formula is C4H12LiN. The molecule has 6 heavy (non-hydrogen) atoms. The zero-order valence-corrected chi connectivity index (χ0v) is 4.83. The van der Waals surface area contributed by atoms with Crippen LogP contribution >= 0.6 is 0 Å². The van der Waals surface area contributed by atoms with Crippen molar-refractivity contribution in [3.8, 4) is 0 Å². The third-order valence-electron chi connectivity index (χ3n) is 0.354. The molecule has 0 unspecified atom stereocenters. The van der Waals surface area contributed by atoms with Crippen molar-refractivity contribution in [2.45, 2.75) is 19.8 Å². The van der Waals surface area contributed by atoms with Crippen molar-refractivity contribution >= 4 is 0 Å². The standard InChI is InChI=1S/C4H9.Li.H3N/c1-3-4-2;;/h1,3-4H2,2H3;;1H3/q-1;+1;. The summed E-state index contributed by atoms with van der Waals surface area (Å²) >= 11 is 0. The SMILES string of the molecule is N.[CH2-]CCC.[Li+]. The smallest absolute Gasteiger partial charge is 0.344 e. The molecule has 0 radical (unpaired) electrons. The van der Waals surface area contributed by atoms with E-state index in [0.717, 1.165) is 6.42 Å². The van der Waals surface area contributed by atoms with Crippen molar-refractivity contribution in [1.82, 2.24) is 6.15 Å². The van der Waals surface area contributed by atoms with Crippen LogP contribution in [-0.4, -0.2) is 0 Å². The Kier molecular flexibility index (Phi) is 47.1. The minimum absolute atomic E-state index is 0. The predicted molar refractivity (Wildman–Crippen MR) is 25.3 cm³/mol. The van der Waals surface area contributed by atoms with Gasteiger partial charge in [0.1, 0.15) is 0 Å². The van der Waals surface area contributed by atoms with Crippen molar-refractivity contribution < 1.29 is 18.9 Å². The molecule has 0 saturated heterocycles. The summed E-state index contributed by atoms with van der Waals surface area (Å²) in [5.74, 6) is 0. The molecule has 1 nitrogen and oxygen atoms in total. The Labute approximate surface area is 52.3 Å². The van der Waals surface area contributed by atoms with Crippen molar-refractivity contribution in [2.24, 2.45) is 0 Å². The molecule has 0 heterocycles. The van der Waals surface area contributed by atoms with Crippen molar-refractivity contribution in [2.75, 3.05) is 0 Å². The van der Waals surface area contributed by atoms with Crippen molar-refractivity contribution in [3.63, 3.8) is 0 Å². The van der Waals surface area contributed by atoms with E-state index in [2.05, 4.69) is 13.8 Å². The summed E-state index contributed by atoms with van der Waals surface area (Å²) in [5, 5.41) is 0. The van der Waals surface area contributed by atoms with E-state index in [1.54, 1.807) is 0 Å². The van der Waals surface area contributed by atoms with Crippen LogP contribution in [0.4, 0.5) is 0 Å². The second kappa shape index (κ2) is 17.6. The molecule has 0 aromatic heterocycles. The van der Waals surface area contributed by atoms with E-state index < -0.39 is 0 Å². The van der Waals surface area contributed by atoms with Gasteiger partial charge in [0.25, 0.3) is 0 Å². The second-order valence-corrected chi connectivity index (χ2v) is 0.854. The third kappa shape index (κ3) is 23.8. The van der Waals surface area contributed by atoms with Crippen LogP contribution in [0, 0.1) is 6.92 Å². The fraction of sp³-hybridized carbons (Fsp3) is 0.750. The average Bonchev–Trinajstić information content (AvgIpc) is 1.37. The average molecular weight is 81.1 g/mol.